The molecule has 2 aromatic rings. The normalized spacial score (nSPS) is 17.4. The lowest BCUT2D eigenvalue weighted by molar-refractivity contribution is -0.137. The van der Waals surface area contributed by atoms with Gasteiger partial charge in [0.15, 0.2) is 5.17 Å². The fourth-order valence-corrected chi connectivity index (χ4v) is 3.66. The molecule has 6 nitrogen and oxygen atoms in total. The van der Waals surface area contributed by atoms with Crippen molar-refractivity contribution in [2.75, 3.05) is 6.54 Å². The lowest BCUT2D eigenvalue weighted by Crippen LogP contribution is -2.28. The van der Waals surface area contributed by atoms with Gasteiger partial charge in [-0.3, -0.25) is 14.7 Å². The molecular weight excluding hydrogens is 407 g/mol. The van der Waals surface area contributed by atoms with Crippen molar-refractivity contribution in [1.29, 1.82) is 0 Å². The van der Waals surface area contributed by atoms with Crippen molar-refractivity contribution in [3.8, 4) is 0 Å². The molecule has 1 aromatic heterocycles. The van der Waals surface area contributed by atoms with E-state index >= 15 is 0 Å². The van der Waals surface area contributed by atoms with Gasteiger partial charge < -0.3 is 5.11 Å². The van der Waals surface area contributed by atoms with Crippen LogP contribution in [-0.2, 0) is 11.0 Å². The Hall–Kier alpha value is -3.14. The predicted molar refractivity (Wildman–Crippen MR) is 103 cm³/mol. The van der Waals surface area contributed by atoms with Crippen LogP contribution in [0.25, 0.3) is 6.08 Å². The maximum Gasteiger partial charge on any atom is 0.417 e. The van der Waals surface area contributed by atoms with Crippen molar-refractivity contribution in [2.45, 2.75) is 13.1 Å². The van der Waals surface area contributed by atoms with Gasteiger partial charge in [0.2, 0.25) is 0 Å². The zero-order chi connectivity index (χ0) is 21.2. The molecule has 0 bridgehead atoms. The summed E-state index contributed by atoms with van der Waals surface area (Å²) in [7, 11) is 0. The van der Waals surface area contributed by atoms with Crippen LogP contribution in [-0.4, -0.2) is 38.6 Å². The summed E-state index contributed by atoms with van der Waals surface area (Å²) in [4.78, 5) is 33.1. The molecule has 10 heteroatoms. The van der Waals surface area contributed by atoms with E-state index in [1.165, 1.54) is 23.1 Å². The topological polar surface area (TPSA) is 82.9 Å². The van der Waals surface area contributed by atoms with Crippen molar-refractivity contribution in [3.63, 3.8) is 0 Å². The van der Waals surface area contributed by atoms with E-state index < -0.39 is 23.6 Å². The van der Waals surface area contributed by atoms with E-state index in [-0.39, 0.29) is 27.7 Å². The Morgan fingerprint density at radius 3 is 2.76 bits per heavy atom. The third-order valence-electron chi connectivity index (χ3n) is 3.97. The molecule has 0 spiro atoms. The third-order valence-corrected chi connectivity index (χ3v) is 4.97. The summed E-state index contributed by atoms with van der Waals surface area (Å²) in [6.45, 7) is 1.95. The van der Waals surface area contributed by atoms with Crippen LogP contribution in [0.2, 0.25) is 0 Å². The molecule has 1 fully saturated rings. The van der Waals surface area contributed by atoms with Crippen molar-refractivity contribution in [2.24, 2.45) is 4.99 Å². The maximum atomic E-state index is 13.2. The van der Waals surface area contributed by atoms with E-state index in [0.717, 1.165) is 36.3 Å². The Morgan fingerprint density at radius 1 is 1.34 bits per heavy atom. The number of rotatable bonds is 4. The number of carbonyl (C=O) groups is 2. The second kappa shape index (κ2) is 8.08. The monoisotopic (exact) mass is 421 g/mol. The minimum absolute atomic E-state index is 0.0326. The number of halogens is 3. The zero-order valence-corrected chi connectivity index (χ0v) is 15.8. The number of nitrogens with zero attached hydrogens (tertiary/aromatic N) is 3. The van der Waals surface area contributed by atoms with E-state index in [4.69, 9.17) is 5.11 Å². The first-order valence-corrected chi connectivity index (χ1v) is 9.17. The number of aromatic nitrogens is 1. The number of aromatic carboxylic acids is 1. The van der Waals surface area contributed by atoms with Crippen molar-refractivity contribution >= 4 is 40.6 Å². The third kappa shape index (κ3) is 4.48. The molecule has 0 radical (unpaired) electrons. The first-order valence-electron chi connectivity index (χ1n) is 8.35. The molecule has 29 heavy (non-hydrogen) atoms. The summed E-state index contributed by atoms with van der Waals surface area (Å²) in [6.07, 6.45) is -1.36. The first-order chi connectivity index (χ1) is 13.7. The molecule has 1 aliphatic rings. The van der Waals surface area contributed by atoms with E-state index in [2.05, 4.69) is 9.98 Å². The Bertz CT molecular complexity index is 1030. The number of hydrogen-bond acceptors (Lipinski definition) is 5. The van der Waals surface area contributed by atoms with Crippen LogP contribution in [0.5, 0.6) is 0 Å². The number of aliphatic imine (C=N–C) groups is 1. The van der Waals surface area contributed by atoms with Gasteiger partial charge in [0, 0.05) is 24.5 Å². The molecule has 1 amide bonds. The number of thioether (sulfide) groups is 1. The van der Waals surface area contributed by atoms with Crippen LogP contribution < -0.4 is 0 Å². The summed E-state index contributed by atoms with van der Waals surface area (Å²) in [6, 6.07) is 6.69. The minimum atomic E-state index is -4.58. The Labute approximate surface area is 167 Å². The number of alkyl halides is 3. The lowest BCUT2D eigenvalue weighted by Gasteiger charge is -2.12. The number of pyridine rings is 1. The summed E-state index contributed by atoms with van der Waals surface area (Å²) in [5, 5.41) is 9.34. The molecule has 150 valence electrons. The number of carbonyl (C=O) groups excluding carboxylic acids is 1. The van der Waals surface area contributed by atoms with E-state index in [1.807, 2.05) is 0 Å². The molecule has 2 heterocycles. The van der Waals surface area contributed by atoms with E-state index in [1.54, 1.807) is 13.0 Å². The standard InChI is InChI=1S/C19H14F3N3O3S/c1-2-25-16(26)15(9-12-10-23-7-6-14(12)19(20,21)22)29-18(25)24-13-5-3-4-11(8-13)17(27)28/h3-10H,2H2,1H3,(H,27,28)/b15-9-,24-18?. The summed E-state index contributed by atoms with van der Waals surface area (Å²) in [5.74, 6) is -1.60. The molecule has 1 aromatic carbocycles. The average molecular weight is 421 g/mol. The molecule has 1 saturated heterocycles. The van der Waals surface area contributed by atoms with Crippen LogP contribution in [0.4, 0.5) is 18.9 Å². The zero-order valence-electron chi connectivity index (χ0n) is 15.0. The molecule has 0 saturated carbocycles. The van der Waals surface area contributed by atoms with Crippen molar-refractivity contribution in [3.05, 3.63) is 64.3 Å². The largest absolute Gasteiger partial charge is 0.478 e. The van der Waals surface area contributed by atoms with Crippen LogP contribution in [0.3, 0.4) is 0 Å². The highest BCUT2D eigenvalue weighted by Crippen LogP contribution is 2.37. The molecule has 0 aliphatic carbocycles. The van der Waals surface area contributed by atoms with Crippen molar-refractivity contribution in [1.82, 2.24) is 9.88 Å². The molecule has 1 aliphatic heterocycles. The highest BCUT2D eigenvalue weighted by molar-refractivity contribution is 8.18. The van der Waals surface area contributed by atoms with Gasteiger partial charge in [-0.2, -0.15) is 13.2 Å². The SMILES string of the molecule is CCN1C(=O)/C(=C/c2cnccc2C(F)(F)F)SC1=Nc1cccc(C(=O)O)c1. The lowest BCUT2D eigenvalue weighted by atomic mass is 10.1. The quantitative estimate of drug-likeness (QED) is 0.739. The number of carboxylic acids is 1. The fraction of sp³-hybridized carbons (Fsp3) is 0.158. The smallest absolute Gasteiger partial charge is 0.417 e. The summed E-state index contributed by atoms with van der Waals surface area (Å²) >= 11 is 0.920. The van der Waals surface area contributed by atoms with Gasteiger partial charge in [0.1, 0.15) is 0 Å². The van der Waals surface area contributed by atoms with Crippen LogP contribution in [0.1, 0.15) is 28.4 Å². The maximum absolute atomic E-state index is 13.2. The van der Waals surface area contributed by atoms with Gasteiger partial charge in [-0.1, -0.05) is 6.07 Å². The van der Waals surface area contributed by atoms with Gasteiger partial charge in [-0.25, -0.2) is 9.79 Å². The second-order valence-corrected chi connectivity index (χ2v) is 6.88. The number of carboxylic acid groups (broad SMARTS) is 1. The number of amides is 1. The molecule has 0 atom stereocenters. The fourth-order valence-electron chi connectivity index (χ4n) is 2.61. The van der Waals surface area contributed by atoms with Gasteiger partial charge in [0.25, 0.3) is 5.91 Å². The van der Waals surface area contributed by atoms with Crippen molar-refractivity contribution < 1.29 is 27.9 Å². The predicted octanol–water partition coefficient (Wildman–Crippen LogP) is 4.42. The molecule has 1 N–H and O–H groups in total. The summed E-state index contributed by atoms with van der Waals surface area (Å²) in [5.41, 5.74) is -0.764. The van der Waals surface area contributed by atoms with Crippen LogP contribution in [0.15, 0.2) is 52.6 Å². The highest BCUT2D eigenvalue weighted by atomic mass is 32.2. The molecular formula is C19H14F3N3O3S. The average Bonchev–Trinajstić information content (AvgIpc) is 2.95. The first kappa shape index (κ1) is 20.6. The van der Waals surface area contributed by atoms with E-state index in [9.17, 15) is 22.8 Å². The Morgan fingerprint density at radius 2 is 2.10 bits per heavy atom. The Kier molecular flexibility index (Phi) is 5.73. The number of amidine groups is 1. The van der Waals surface area contributed by atoms with E-state index in [0.29, 0.717) is 5.69 Å². The second-order valence-electron chi connectivity index (χ2n) is 5.87. The number of hydrogen-bond donors (Lipinski definition) is 1. The molecule has 0 unspecified atom stereocenters. The molecule has 3 rings (SSSR count). The highest BCUT2D eigenvalue weighted by Gasteiger charge is 2.35. The van der Waals surface area contributed by atoms with Crippen LogP contribution >= 0.6 is 11.8 Å². The Balaban J connectivity index is 1.99. The number of benzene rings is 1. The van der Waals surface area contributed by atoms with Gasteiger partial charge in [-0.15, -0.1) is 0 Å². The van der Waals surface area contributed by atoms with Crippen LogP contribution in [0, 0.1) is 0 Å². The van der Waals surface area contributed by atoms with Gasteiger partial charge >= 0.3 is 12.1 Å². The minimum Gasteiger partial charge on any atom is -0.478 e. The number of likely N-dealkylation sites (N-methyl/N-ethyl adjacent to an activating group) is 1. The summed E-state index contributed by atoms with van der Waals surface area (Å²) < 4.78 is 39.6. The van der Waals surface area contributed by atoms with Gasteiger partial charge in [0.05, 0.1) is 21.7 Å². The van der Waals surface area contributed by atoms with Gasteiger partial charge in [-0.05, 0) is 49.0 Å².